The minimum absolute atomic E-state index is 0.0530. The predicted octanol–water partition coefficient (Wildman–Crippen LogP) is 3.63. The maximum absolute atomic E-state index is 12.7. The molecule has 0 aliphatic carbocycles. The number of alkyl carbamates (subject to hydrolysis) is 1. The number of aliphatic carboxylic acids is 1. The summed E-state index contributed by atoms with van der Waals surface area (Å²) in [6, 6.07) is 11.6. The molecule has 2 N–H and O–H groups in total. The molecule has 0 saturated carbocycles. The zero-order valence-electron chi connectivity index (χ0n) is 13.5. The summed E-state index contributed by atoms with van der Waals surface area (Å²) >= 11 is 0. The van der Waals surface area contributed by atoms with Crippen LogP contribution in [0.25, 0.3) is 0 Å². The van der Waals surface area contributed by atoms with Crippen LogP contribution in [0.4, 0.5) is 18.0 Å². The number of carbonyl (C=O) groups excluding carboxylic acids is 1. The first-order chi connectivity index (χ1) is 12.3. The van der Waals surface area contributed by atoms with Crippen LogP contribution in [-0.4, -0.2) is 23.2 Å². The zero-order valence-corrected chi connectivity index (χ0v) is 13.5. The summed E-state index contributed by atoms with van der Waals surface area (Å²) in [5.41, 5.74) is -0.0335. The van der Waals surface area contributed by atoms with Gasteiger partial charge in [0.1, 0.15) is 12.6 Å². The minimum atomic E-state index is -4.53. The monoisotopic (exact) mass is 367 g/mol. The largest absolute Gasteiger partial charge is 0.480 e. The Morgan fingerprint density at radius 2 is 1.69 bits per heavy atom. The van der Waals surface area contributed by atoms with E-state index in [2.05, 4.69) is 5.32 Å². The Morgan fingerprint density at radius 1 is 1.04 bits per heavy atom. The van der Waals surface area contributed by atoms with Crippen molar-refractivity contribution in [1.82, 2.24) is 5.32 Å². The number of halogens is 3. The molecular formula is C18H16F3NO4. The molecular weight excluding hydrogens is 351 g/mol. The van der Waals surface area contributed by atoms with Gasteiger partial charge in [-0.2, -0.15) is 13.2 Å². The number of alkyl halides is 3. The lowest BCUT2D eigenvalue weighted by Crippen LogP contribution is -2.42. The summed E-state index contributed by atoms with van der Waals surface area (Å²) in [6.45, 7) is -0.0530. The van der Waals surface area contributed by atoms with Gasteiger partial charge in [-0.15, -0.1) is 0 Å². The van der Waals surface area contributed by atoms with Crippen LogP contribution < -0.4 is 5.32 Å². The molecule has 0 saturated heterocycles. The summed E-state index contributed by atoms with van der Waals surface area (Å²) in [5.74, 6) is -1.38. The lowest BCUT2D eigenvalue weighted by molar-refractivity contribution is -0.139. The van der Waals surface area contributed by atoms with Gasteiger partial charge in [-0.25, -0.2) is 9.59 Å². The van der Waals surface area contributed by atoms with Crippen LogP contribution in [0.5, 0.6) is 0 Å². The lowest BCUT2D eigenvalue weighted by Gasteiger charge is -2.16. The molecule has 0 radical (unpaired) electrons. The van der Waals surface area contributed by atoms with Gasteiger partial charge in [-0.05, 0) is 17.2 Å². The molecule has 0 aliphatic rings. The first-order valence-corrected chi connectivity index (χ1v) is 7.62. The Labute approximate surface area is 147 Å². The molecule has 138 valence electrons. The number of carbonyl (C=O) groups is 2. The highest BCUT2D eigenvalue weighted by molar-refractivity contribution is 5.80. The van der Waals surface area contributed by atoms with Crippen LogP contribution >= 0.6 is 0 Å². The lowest BCUT2D eigenvalue weighted by atomic mass is 10.0. The number of nitrogens with one attached hydrogen (secondary N) is 1. The number of amides is 1. The van der Waals surface area contributed by atoms with Gasteiger partial charge >= 0.3 is 18.2 Å². The van der Waals surface area contributed by atoms with Gasteiger partial charge in [0.05, 0.1) is 5.56 Å². The number of carboxylic acids is 1. The topological polar surface area (TPSA) is 75.6 Å². The fraction of sp³-hybridized carbons (Fsp3) is 0.222. The molecule has 0 fully saturated rings. The molecule has 0 heterocycles. The van der Waals surface area contributed by atoms with Gasteiger partial charge in [-0.1, -0.05) is 48.5 Å². The van der Waals surface area contributed by atoms with Crippen molar-refractivity contribution in [3.8, 4) is 0 Å². The van der Waals surface area contributed by atoms with Gasteiger partial charge in [0.25, 0.3) is 0 Å². The van der Waals surface area contributed by atoms with E-state index in [1.54, 1.807) is 30.3 Å². The third kappa shape index (κ3) is 5.80. The average Bonchev–Trinajstić information content (AvgIpc) is 2.60. The molecule has 0 spiro atoms. The van der Waals surface area contributed by atoms with Gasteiger partial charge in [0.15, 0.2) is 0 Å². The fourth-order valence-electron chi connectivity index (χ4n) is 2.22. The second-order valence-electron chi connectivity index (χ2n) is 5.50. The van der Waals surface area contributed by atoms with Gasteiger partial charge in [0.2, 0.25) is 0 Å². The second-order valence-corrected chi connectivity index (χ2v) is 5.50. The van der Waals surface area contributed by atoms with E-state index in [0.29, 0.717) is 5.56 Å². The molecule has 1 atom stereocenters. The van der Waals surface area contributed by atoms with Crippen LogP contribution in [-0.2, 0) is 28.7 Å². The SMILES string of the molecule is O=C(N[C@H](Cc1cccc(C(F)(F)F)c1)C(=O)O)OCc1ccccc1. The molecule has 2 aromatic carbocycles. The van der Waals surface area contributed by atoms with Crippen LogP contribution in [0.15, 0.2) is 54.6 Å². The van der Waals surface area contributed by atoms with E-state index in [4.69, 9.17) is 4.74 Å². The van der Waals surface area contributed by atoms with Crippen LogP contribution in [0.3, 0.4) is 0 Å². The summed E-state index contributed by atoms with van der Waals surface area (Å²) < 4.78 is 43.1. The Balaban J connectivity index is 1.98. The highest BCUT2D eigenvalue weighted by Gasteiger charge is 2.31. The average molecular weight is 367 g/mol. The summed E-state index contributed by atoms with van der Waals surface area (Å²) in [6.07, 6.45) is -5.80. The number of ether oxygens (including phenoxy) is 1. The van der Waals surface area contributed by atoms with Crippen LogP contribution in [0.2, 0.25) is 0 Å². The molecule has 8 heteroatoms. The number of hydrogen-bond acceptors (Lipinski definition) is 3. The molecule has 1 amide bonds. The highest BCUT2D eigenvalue weighted by atomic mass is 19.4. The number of hydrogen-bond donors (Lipinski definition) is 2. The summed E-state index contributed by atoms with van der Waals surface area (Å²) in [4.78, 5) is 23.1. The Morgan fingerprint density at radius 3 is 2.31 bits per heavy atom. The van der Waals surface area contributed by atoms with Crippen molar-refractivity contribution in [3.05, 3.63) is 71.3 Å². The van der Waals surface area contributed by atoms with Crippen molar-refractivity contribution in [2.24, 2.45) is 0 Å². The Hall–Kier alpha value is -3.03. The van der Waals surface area contributed by atoms with E-state index < -0.39 is 29.8 Å². The van der Waals surface area contributed by atoms with Gasteiger partial charge < -0.3 is 15.2 Å². The van der Waals surface area contributed by atoms with Crippen molar-refractivity contribution in [2.75, 3.05) is 0 Å². The molecule has 26 heavy (non-hydrogen) atoms. The van der Waals surface area contributed by atoms with E-state index in [1.165, 1.54) is 12.1 Å². The van der Waals surface area contributed by atoms with Crippen molar-refractivity contribution >= 4 is 12.1 Å². The quantitative estimate of drug-likeness (QED) is 0.818. The van der Waals surface area contributed by atoms with E-state index in [0.717, 1.165) is 12.1 Å². The van der Waals surface area contributed by atoms with Crippen molar-refractivity contribution in [3.63, 3.8) is 0 Å². The Kier molecular flexibility index (Phi) is 6.21. The maximum Gasteiger partial charge on any atom is 0.416 e. The molecule has 2 rings (SSSR count). The third-order valence-corrected chi connectivity index (χ3v) is 3.50. The van der Waals surface area contributed by atoms with Crippen molar-refractivity contribution in [2.45, 2.75) is 25.2 Å². The second kappa shape index (κ2) is 8.37. The van der Waals surface area contributed by atoms with Crippen LogP contribution in [0, 0.1) is 0 Å². The van der Waals surface area contributed by atoms with Gasteiger partial charge in [0, 0.05) is 6.42 Å². The maximum atomic E-state index is 12.7. The number of carboxylic acid groups (broad SMARTS) is 1. The molecule has 0 aromatic heterocycles. The van der Waals surface area contributed by atoms with E-state index >= 15 is 0 Å². The highest BCUT2D eigenvalue weighted by Crippen LogP contribution is 2.29. The van der Waals surface area contributed by atoms with Gasteiger partial charge in [-0.3, -0.25) is 0 Å². The fourth-order valence-corrected chi connectivity index (χ4v) is 2.22. The minimum Gasteiger partial charge on any atom is -0.480 e. The summed E-state index contributed by atoms with van der Waals surface area (Å²) in [5, 5.41) is 11.4. The van der Waals surface area contributed by atoms with E-state index in [9.17, 15) is 27.9 Å². The first kappa shape index (κ1) is 19.3. The van der Waals surface area contributed by atoms with Crippen molar-refractivity contribution in [1.29, 1.82) is 0 Å². The normalized spacial score (nSPS) is 12.3. The Bertz CT molecular complexity index is 763. The number of benzene rings is 2. The van der Waals surface area contributed by atoms with Crippen molar-refractivity contribution < 1.29 is 32.6 Å². The number of rotatable bonds is 6. The zero-order chi connectivity index (χ0) is 19.2. The third-order valence-electron chi connectivity index (χ3n) is 3.50. The smallest absolute Gasteiger partial charge is 0.416 e. The molecule has 5 nitrogen and oxygen atoms in total. The molecule has 0 unspecified atom stereocenters. The standard InChI is InChI=1S/C18H16F3NO4/c19-18(20,21)14-8-4-7-13(9-14)10-15(16(23)24)22-17(25)26-11-12-5-2-1-3-6-12/h1-9,15H,10-11H2,(H,22,25)(H,23,24)/t15-/m1/s1. The molecule has 0 aliphatic heterocycles. The summed E-state index contributed by atoms with van der Waals surface area (Å²) in [7, 11) is 0. The van der Waals surface area contributed by atoms with E-state index in [-0.39, 0.29) is 18.6 Å². The molecule has 2 aromatic rings. The molecule has 0 bridgehead atoms. The van der Waals surface area contributed by atoms with Crippen LogP contribution in [0.1, 0.15) is 16.7 Å². The first-order valence-electron chi connectivity index (χ1n) is 7.62. The van der Waals surface area contributed by atoms with E-state index in [1.807, 2.05) is 0 Å². The predicted molar refractivity (Wildman–Crippen MR) is 86.3 cm³/mol.